The van der Waals surface area contributed by atoms with E-state index < -0.39 is 5.69 Å². The van der Waals surface area contributed by atoms with Crippen molar-refractivity contribution in [1.29, 1.82) is 0 Å². The fraction of sp³-hybridized carbons (Fsp3) is 0.333. The van der Waals surface area contributed by atoms with Crippen molar-refractivity contribution < 1.29 is 0 Å². The molecule has 0 aromatic carbocycles. The van der Waals surface area contributed by atoms with E-state index in [4.69, 9.17) is 7.98 Å². The summed E-state index contributed by atoms with van der Waals surface area (Å²) in [5.41, 5.74) is -0.595. The zero-order chi connectivity index (χ0) is 6.85. The van der Waals surface area contributed by atoms with Crippen molar-refractivity contribution >= 4 is 7.98 Å². The quantitative estimate of drug-likeness (QED) is 0.383. The van der Waals surface area contributed by atoms with Gasteiger partial charge in [0, 0.05) is 0 Å². The Hall–Kier alpha value is -1.20. The SMILES string of the molecule is [B]n1nnc(C)nc1=O. The lowest BCUT2D eigenvalue weighted by Gasteiger charge is -1.90. The molecule has 1 rings (SSSR count). The highest BCUT2D eigenvalue weighted by Crippen LogP contribution is 1.69. The van der Waals surface area contributed by atoms with E-state index in [0.717, 1.165) is 0 Å². The van der Waals surface area contributed by atoms with Gasteiger partial charge >= 0.3 is 5.69 Å². The zero-order valence-corrected chi connectivity index (χ0v) is 4.77. The Morgan fingerprint density at radius 1 is 1.67 bits per heavy atom. The van der Waals surface area contributed by atoms with Crippen LogP contribution in [0.4, 0.5) is 0 Å². The minimum absolute atomic E-state index is 0.321. The summed E-state index contributed by atoms with van der Waals surface area (Å²) in [7, 11) is 4.96. The zero-order valence-electron chi connectivity index (χ0n) is 4.77. The van der Waals surface area contributed by atoms with Crippen LogP contribution in [0.3, 0.4) is 0 Å². The van der Waals surface area contributed by atoms with Gasteiger partial charge in [-0.15, -0.1) is 5.10 Å². The van der Waals surface area contributed by atoms with Crippen LogP contribution in [0.5, 0.6) is 0 Å². The Morgan fingerprint density at radius 2 is 2.33 bits per heavy atom. The number of aryl methyl sites for hydroxylation is 1. The second-order valence-electron chi connectivity index (χ2n) is 1.48. The Morgan fingerprint density at radius 3 is 2.78 bits per heavy atom. The molecule has 0 aliphatic heterocycles. The van der Waals surface area contributed by atoms with Gasteiger partial charge in [0.05, 0.1) is 0 Å². The van der Waals surface area contributed by atoms with Crippen molar-refractivity contribution in [2.45, 2.75) is 6.92 Å². The molecule has 0 aliphatic rings. The van der Waals surface area contributed by atoms with Crippen molar-refractivity contribution in [1.82, 2.24) is 19.9 Å². The van der Waals surface area contributed by atoms with Crippen molar-refractivity contribution in [2.24, 2.45) is 0 Å². The number of rotatable bonds is 0. The third-order valence-electron chi connectivity index (χ3n) is 0.739. The van der Waals surface area contributed by atoms with E-state index in [1.165, 1.54) is 0 Å². The van der Waals surface area contributed by atoms with Gasteiger partial charge in [-0.2, -0.15) is 4.98 Å². The molecule has 1 aromatic heterocycles. The lowest BCUT2D eigenvalue weighted by atomic mass is 10.5. The van der Waals surface area contributed by atoms with Crippen LogP contribution in [0.25, 0.3) is 0 Å². The van der Waals surface area contributed by atoms with E-state index in [1.54, 1.807) is 6.92 Å². The van der Waals surface area contributed by atoms with Crippen molar-refractivity contribution in [3.05, 3.63) is 16.3 Å². The third-order valence-corrected chi connectivity index (χ3v) is 0.739. The minimum Gasteiger partial charge on any atom is -0.257 e. The fourth-order valence-electron chi connectivity index (χ4n) is 0.363. The molecule has 2 radical (unpaired) electrons. The van der Waals surface area contributed by atoms with Crippen LogP contribution in [0.1, 0.15) is 5.82 Å². The van der Waals surface area contributed by atoms with Crippen LogP contribution >= 0.6 is 0 Å². The highest BCUT2D eigenvalue weighted by Gasteiger charge is 1.90. The first kappa shape index (κ1) is 5.93. The second kappa shape index (κ2) is 1.96. The van der Waals surface area contributed by atoms with E-state index in [2.05, 4.69) is 15.3 Å². The summed E-state index contributed by atoms with van der Waals surface area (Å²) in [5, 5.41) is 6.66. The van der Waals surface area contributed by atoms with Gasteiger partial charge in [0.1, 0.15) is 0 Å². The van der Waals surface area contributed by atoms with Gasteiger partial charge in [-0.25, -0.2) is 4.79 Å². The topological polar surface area (TPSA) is 60.7 Å². The van der Waals surface area contributed by atoms with Gasteiger partial charge < -0.3 is 0 Å². The number of hydrogen-bond donors (Lipinski definition) is 0. The molecule has 0 aliphatic carbocycles. The van der Waals surface area contributed by atoms with Gasteiger partial charge in [0.25, 0.3) is 7.98 Å². The molecule has 0 unspecified atom stereocenters. The van der Waals surface area contributed by atoms with Crippen LogP contribution in [0.15, 0.2) is 4.79 Å². The summed E-state index contributed by atoms with van der Waals surface area (Å²) in [6.07, 6.45) is 0. The smallest absolute Gasteiger partial charge is 0.257 e. The first-order valence-electron chi connectivity index (χ1n) is 2.26. The van der Waals surface area contributed by atoms with Gasteiger partial charge in [-0.3, -0.25) is 4.59 Å². The molecule has 0 bridgehead atoms. The summed E-state index contributed by atoms with van der Waals surface area (Å²) in [6.45, 7) is 1.56. The summed E-state index contributed by atoms with van der Waals surface area (Å²) >= 11 is 0. The summed E-state index contributed by atoms with van der Waals surface area (Å²) in [5.74, 6) is 0.321. The third kappa shape index (κ3) is 1.13. The molecule has 6 heteroatoms. The molecular weight excluding hydrogens is 119 g/mol. The Kier molecular flexibility index (Phi) is 1.29. The average Bonchev–Trinajstić information content (AvgIpc) is 1.80. The van der Waals surface area contributed by atoms with Crippen LogP contribution in [-0.4, -0.2) is 27.9 Å². The summed E-state index contributed by atoms with van der Waals surface area (Å²) in [4.78, 5) is 13.8. The maximum atomic E-state index is 10.5. The van der Waals surface area contributed by atoms with E-state index in [-0.39, 0.29) is 0 Å². The predicted molar refractivity (Wildman–Crippen MR) is 30.0 cm³/mol. The molecule has 0 atom stereocenters. The maximum Gasteiger partial charge on any atom is 0.353 e. The molecule has 9 heavy (non-hydrogen) atoms. The molecule has 1 heterocycles. The Balaban J connectivity index is 3.34. The van der Waals surface area contributed by atoms with Crippen molar-refractivity contribution in [3.63, 3.8) is 0 Å². The van der Waals surface area contributed by atoms with Crippen LogP contribution in [-0.2, 0) is 0 Å². The normalized spacial score (nSPS) is 9.44. The maximum absolute atomic E-state index is 10.5. The van der Waals surface area contributed by atoms with Gasteiger partial charge in [0.2, 0.25) is 0 Å². The molecular formula is C3H3BN4O. The van der Waals surface area contributed by atoms with Gasteiger partial charge in [0.15, 0.2) is 5.82 Å². The van der Waals surface area contributed by atoms with E-state index in [1.807, 2.05) is 0 Å². The molecule has 0 N–H and O–H groups in total. The van der Waals surface area contributed by atoms with E-state index in [0.29, 0.717) is 10.4 Å². The average molecular weight is 122 g/mol. The first-order valence-corrected chi connectivity index (χ1v) is 2.26. The lowest BCUT2D eigenvalue weighted by Crippen LogP contribution is -2.26. The van der Waals surface area contributed by atoms with Crippen LogP contribution < -0.4 is 5.69 Å². The highest BCUT2D eigenvalue weighted by molar-refractivity contribution is 6.05. The Bertz CT molecular complexity index is 269. The number of nitrogens with zero attached hydrogens (tertiary/aromatic N) is 4. The van der Waals surface area contributed by atoms with Gasteiger partial charge in [-0.05, 0) is 6.92 Å². The number of hydrogen-bond acceptors (Lipinski definition) is 4. The predicted octanol–water partition coefficient (Wildman–Crippen LogP) is -1.73. The number of aromatic nitrogens is 4. The standard InChI is InChI=1S/C3H3BN4O/c1-2-5-3(9)8(4)7-6-2/h1H3. The monoisotopic (exact) mass is 122 g/mol. The van der Waals surface area contributed by atoms with E-state index in [9.17, 15) is 4.79 Å². The molecule has 0 spiro atoms. The second-order valence-corrected chi connectivity index (χ2v) is 1.48. The molecule has 0 saturated carbocycles. The van der Waals surface area contributed by atoms with Gasteiger partial charge in [-0.1, -0.05) is 5.21 Å². The first-order chi connectivity index (χ1) is 4.20. The largest absolute Gasteiger partial charge is 0.353 e. The lowest BCUT2D eigenvalue weighted by molar-refractivity contribution is 0.706. The molecule has 1 aromatic rings. The summed E-state index contributed by atoms with van der Waals surface area (Å²) < 4.78 is 0.576. The van der Waals surface area contributed by atoms with Crippen LogP contribution in [0.2, 0.25) is 0 Å². The highest BCUT2D eigenvalue weighted by atomic mass is 16.1. The molecule has 5 nitrogen and oxygen atoms in total. The van der Waals surface area contributed by atoms with E-state index >= 15 is 0 Å². The van der Waals surface area contributed by atoms with Crippen molar-refractivity contribution in [3.8, 4) is 0 Å². The summed E-state index contributed by atoms with van der Waals surface area (Å²) in [6, 6.07) is 0. The Labute approximate surface area is 52.2 Å². The molecule has 0 amide bonds. The minimum atomic E-state index is -0.595. The molecule has 0 fully saturated rings. The molecule has 44 valence electrons. The fourth-order valence-corrected chi connectivity index (χ4v) is 0.363. The molecule has 0 saturated heterocycles. The van der Waals surface area contributed by atoms with Crippen LogP contribution in [0, 0.1) is 6.92 Å². The van der Waals surface area contributed by atoms with Crippen molar-refractivity contribution in [2.75, 3.05) is 0 Å².